The number of carbonyl (C=O) groups is 1. The number of halogens is 1. The maximum Gasteiger partial charge on any atom is 0.254 e. The van der Waals surface area contributed by atoms with Gasteiger partial charge in [-0.2, -0.15) is 4.99 Å². The molecule has 1 aromatic rings. The Balaban J connectivity index is 1.84. The molecule has 1 saturated carbocycles. The summed E-state index contributed by atoms with van der Waals surface area (Å²) in [5.74, 6) is 0.258. The third-order valence-corrected chi connectivity index (χ3v) is 5.19. The first-order valence-electron chi connectivity index (χ1n) is 9.38. The van der Waals surface area contributed by atoms with Gasteiger partial charge in [0.25, 0.3) is 5.91 Å². The van der Waals surface area contributed by atoms with Crippen molar-refractivity contribution in [2.45, 2.75) is 44.6 Å². The van der Waals surface area contributed by atoms with Gasteiger partial charge in [-0.25, -0.2) is 4.98 Å². The number of amides is 1. The van der Waals surface area contributed by atoms with Crippen LogP contribution in [-0.4, -0.2) is 28.9 Å². The van der Waals surface area contributed by atoms with E-state index in [1.54, 1.807) is 24.4 Å². The topological polar surface area (TPSA) is 130 Å². The summed E-state index contributed by atoms with van der Waals surface area (Å²) in [6, 6.07) is 3.40. The number of primary amides is 1. The Labute approximate surface area is 169 Å². The Bertz CT molecular complexity index is 823. The van der Waals surface area contributed by atoms with Gasteiger partial charge in [-0.05, 0) is 31.9 Å². The van der Waals surface area contributed by atoms with Gasteiger partial charge in [-0.15, -0.1) is 0 Å². The monoisotopic (exact) mass is 403 g/mol. The van der Waals surface area contributed by atoms with Gasteiger partial charge in [0.2, 0.25) is 5.96 Å². The molecule has 0 unspecified atom stereocenters. The molecule has 3 rings (SSSR count). The second-order valence-electron chi connectivity index (χ2n) is 7.15. The molecule has 9 heteroatoms. The summed E-state index contributed by atoms with van der Waals surface area (Å²) in [7, 11) is 0. The molecule has 0 radical (unpaired) electrons. The van der Waals surface area contributed by atoms with Crippen LogP contribution in [0, 0.1) is 0 Å². The molecule has 8 nitrogen and oxygen atoms in total. The van der Waals surface area contributed by atoms with Crippen LogP contribution in [0.1, 0.15) is 39.0 Å². The number of rotatable bonds is 5. The van der Waals surface area contributed by atoms with Gasteiger partial charge in [0.15, 0.2) is 0 Å². The lowest BCUT2D eigenvalue weighted by molar-refractivity contribution is -0.114. The average molecular weight is 404 g/mol. The fraction of sp³-hybridized carbons (Fsp3) is 0.421. The lowest BCUT2D eigenvalue weighted by Gasteiger charge is -2.34. The largest absolute Gasteiger partial charge is 0.365 e. The maximum atomic E-state index is 12.0. The van der Waals surface area contributed by atoms with E-state index in [1.807, 2.05) is 6.92 Å². The zero-order chi connectivity index (χ0) is 20.1. The van der Waals surface area contributed by atoms with Crippen molar-refractivity contribution in [3.8, 4) is 0 Å². The molecule has 1 aromatic heterocycles. The minimum absolute atomic E-state index is 0.250. The fourth-order valence-electron chi connectivity index (χ4n) is 3.43. The normalized spacial score (nSPS) is 20.4. The summed E-state index contributed by atoms with van der Waals surface area (Å²) >= 11 is 5.84. The van der Waals surface area contributed by atoms with E-state index in [0.29, 0.717) is 34.9 Å². The second-order valence-corrected chi connectivity index (χ2v) is 7.53. The Morgan fingerprint density at radius 1 is 1.36 bits per heavy atom. The molecule has 28 heavy (non-hydrogen) atoms. The van der Waals surface area contributed by atoms with Crippen LogP contribution in [0.5, 0.6) is 0 Å². The molecule has 2 aliphatic rings. The minimum atomic E-state index is -0.588. The molecule has 150 valence electrons. The van der Waals surface area contributed by atoms with E-state index in [2.05, 4.69) is 25.9 Å². The highest BCUT2D eigenvalue weighted by Gasteiger charge is 2.29. The summed E-state index contributed by atoms with van der Waals surface area (Å²) in [5, 5.41) is 9.89. The number of nitrogens with one attached hydrogen (secondary N) is 3. The third-order valence-electron chi connectivity index (χ3n) is 4.97. The quantitative estimate of drug-likeness (QED) is 0.477. The first kappa shape index (κ1) is 20.2. The zero-order valence-electron chi connectivity index (χ0n) is 15.9. The van der Waals surface area contributed by atoms with Gasteiger partial charge >= 0.3 is 0 Å². The molecule has 0 saturated heterocycles. The molecule has 2 heterocycles. The van der Waals surface area contributed by atoms with Crippen LogP contribution in [0.2, 0.25) is 5.15 Å². The van der Waals surface area contributed by atoms with Crippen LogP contribution in [0.3, 0.4) is 0 Å². The number of hydrogen-bond donors (Lipinski definition) is 5. The van der Waals surface area contributed by atoms with Crippen LogP contribution in [-0.2, 0) is 4.79 Å². The van der Waals surface area contributed by atoms with Crippen LogP contribution in [0.4, 0.5) is 5.69 Å². The lowest BCUT2D eigenvalue weighted by atomic mass is 9.82. The Hall–Kier alpha value is -2.58. The number of allylic oxidation sites excluding steroid dienone is 1. The van der Waals surface area contributed by atoms with Gasteiger partial charge in [-0.1, -0.05) is 36.9 Å². The first-order chi connectivity index (χ1) is 13.4. The first-order valence-corrected chi connectivity index (χ1v) is 9.76. The van der Waals surface area contributed by atoms with Crippen LogP contribution < -0.4 is 27.4 Å². The highest BCUT2D eigenvalue weighted by atomic mass is 35.5. The van der Waals surface area contributed by atoms with Crippen molar-refractivity contribution in [3.05, 3.63) is 46.6 Å². The van der Waals surface area contributed by atoms with E-state index in [9.17, 15) is 4.79 Å². The van der Waals surface area contributed by atoms with Crippen molar-refractivity contribution in [2.24, 2.45) is 16.5 Å². The summed E-state index contributed by atoms with van der Waals surface area (Å²) in [5.41, 5.74) is 13.3. The Morgan fingerprint density at radius 2 is 2.11 bits per heavy atom. The van der Waals surface area contributed by atoms with Gasteiger partial charge in [0, 0.05) is 12.1 Å². The van der Waals surface area contributed by atoms with Gasteiger partial charge < -0.3 is 27.4 Å². The molecule has 1 aliphatic heterocycles. The maximum absolute atomic E-state index is 12.0. The van der Waals surface area contributed by atoms with Gasteiger partial charge in [0.05, 0.1) is 17.6 Å². The molecule has 7 N–H and O–H groups in total. The van der Waals surface area contributed by atoms with Gasteiger partial charge in [0.1, 0.15) is 16.5 Å². The predicted molar refractivity (Wildman–Crippen MR) is 111 cm³/mol. The number of aromatic nitrogens is 1. The third kappa shape index (κ3) is 4.82. The molecule has 0 spiro atoms. The SMILES string of the molecule is CC=C1NC(NCC2(N)CCCCC2)=NC(Nc2ccc(Cl)nc2)=C1C(N)=O. The minimum Gasteiger partial charge on any atom is -0.365 e. The van der Waals surface area contributed by atoms with Crippen molar-refractivity contribution in [1.82, 2.24) is 15.6 Å². The van der Waals surface area contributed by atoms with E-state index < -0.39 is 5.91 Å². The van der Waals surface area contributed by atoms with E-state index in [4.69, 9.17) is 23.1 Å². The molecular weight excluding hydrogens is 378 g/mol. The number of anilines is 1. The van der Waals surface area contributed by atoms with E-state index >= 15 is 0 Å². The van der Waals surface area contributed by atoms with E-state index in [1.165, 1.54) is 6.42 Å². The van der Waals surface area contributed by atoms with Crippen LogP contribution >= 0.6 is 11.6 Å². The van der Waals surface area contributed by atoms with Crippen molar-refractivity contribution in [1.29, 1.82) is 0 Å². The molecule has 1 fully saturated rings. The predicted octanol–water partition coefficient (Wildman–Crippen LogP) is 1.96. The summed E-state index contributed by atoms with van der Waals surface area (Å²) < 4.78 is 0. The average Bonchev–Trinajstić information content (AvgIpc) is 2.68. The number of hydrogen-bond acceptors (Lipinski definition) is 7. The number of aliphatic imine (C=N–C) groups is 1. The molecule has 1 aliphatic carbocycles. The zero-order valence-corrected chi connectivity index (χ0v) is 16.6. The number of pyridine rings is 1. The molecule has 1 amide bonds. The second kappa shape index (κ2) is 8.62. The van der Waals surface area contributed by atoms with Crippen molar-refractivity contribution < 1.29 is 4.79 Å². The molecule has 0 aromatic carbocycles. The number of guanidine groups is 1. The lowest BCUT2D eigenvalue weighted by Crippen LogP contribution is -2.54. The van der Waals surface area contributed by atoms with E-state index in [0.717, 1.165) is 25.7 Å². The fourth-order valence-corrected chi connectivity index (χ4v) is 3.54. The van der Waals surface area contributed by atoms with Crippen molar-refractivity contribution in [2.75, 3.05) is 11.9 Å². The van der Waals surface area contributed by atoms with Crippen molar-refractivity contribution >= 4 is 29.2 Å². The number of carbonyl (C=O) groups excluding carboxylic acids is 1. The summed E-state index contributed by atoms with van der Waals surface area (Å²) in [4.78, 5) is 20.6. The van der Waals surface area contributed by atoms with Crippen LogP contribution in [0.25, 0.3) is 0 Å². The Kier molecular flexibility index (Phi) is 6.21. The smallest absolute Gasteiger partial charge is 0.254 e. The summed E-state index contributed by atoms with van der Waals surface area (Å²) in [6.07, 6.45) is 8.80. The number of nitrogens with two attached hydrogens (primary N) is 2. The van der Waals surface area contributed by atoms with E-state index in [-0.39, 0.29) is 11.1 Å². The van der Waals surface area contributed by atoms with Crippen LogP contribution in [0.15, 0.2) is 46.5 Å². The molecule has 0 bridgehead atoms. The standard InChI is InChI=1S/C19H26ClN7O/c1-2-13-15(16(21)28)17(25-12-6-7-14(20)23-10-12)27-18(26-13)24-11-19(22)8-4-3-5-9-19/h2,6-7,10,25H,3-5,8-9,11,22H2,1H3,(H2,21,28)(H2,24,26,27). The molecular formula is C19H26ClN7O. The number of nitrogens with zero attached hydrogens (tertiary/aromatic N) is 2. The highest BCUT2D eigenvalue weighted by molar-refractivity contribution is 6.29. The Morgan fingerprint density at radius 3 is 2.71 bits per heavy atom. The van der Waals surface area contributed by atoms with Crippen molar-refractivity contribution in [3.63, 3.8) is 0 Å². The van der Waals surface area contributed by atoms with Gasteiger partial charge in [-0.3, -0.25) is 4.79 Å². The molecule has 0 atom stereocenters. The summed E-state index contributed by atoms with van der Waals surface area (Å²) in [6.45, 7) is 2.42. The highest BCUT2D eigenvalue weighted by Crippen LogP contribution is 2.26.